The lowest BCUT2D eigenvalue weighted by Gasteiger charge is -2.45. The molecule has 4 aromatic carbocycles. The monoisotopic (exact) mass is 744 g/mol. The van der Waals surface area contributed by atoms with Gasteiger partial charge in [0.2, 0.25) is 0 Å². The van der Waals surface area contributed by atoms with E-state index in [4.69, 9.17) is 0 Å². The topological polar surface area (TPSA) is 24.1 Å². The van der Waals surface area contributed by atoms with Crippen molar-refractivity contribution < 1.29 is 0 Å². The van der Waals surface area contributed by atoms with Crippen molar-refractivity contribution in [2.75, 3.05) is 0 Å². The molecule has 2 N–H and O–H groups in total. The van der Waals surface area contributed by atoms with Gasteiger partial charge in [0.25, 0.3) is 0 Å². The minimum atomic E-state index is 0.0801. The van der Waals surface area contributed by atoms with Crippen molar-refractivity contribution in [3.8, 4) is 22.3 Å². The first-order valence-corrected chi connectivity index (χ1v) is 22.1. The van der Waals surface area contributed by atoms with E-state index < -0.39 is 0 Å². The Labute approximate surface area is 340 Å². The summed E-state index contributed by atoms with van der Waals surface area (Å²) in [5, 5.41) is 7.85. The Balaban J connectivity index is 0.915. The van der Waals surface area contributed by atoms with E-state index in [1.807, 2.05) is 0 Å². The van der Waals surface area contributed by atoms with Gasteiger partial charge in [-0.05, 0) is 129 Å². The number of hydrogen-bond acceptors (Lipinski definition) is 2. The van der Waals surface area contributed by atoms with Crippen LogP contribution < -0.4 is 10.6 Å². The number of hydrogen-bond donors (Lipinski definition) is 2. The molecule has 1 spiro atoms. The summed E-state index contributed by atoms with van der Waals surface area (Å²) in [7, 11) is 0. The van der Waals surface area contributed by atoms with Crippen LogP contribution in [0.5, 0.6) is 0 Å². The molecule has 1 aliphatic heterocycles. The summed E-state index contributed by atoms with van der Waals surface area (Å²) < 4.78 is 0. The highest BCUT2D eigenvalue weighted by Crippen LogP contribution is 2.68. The molecule has 6 aliphatic carbocycles. The van der Waals surface area contributed by atoms with Crippen molar-refractivity contribution in [1.82, 2.24) is 10.6 Å². The molecule has 0 saturated heterocycles. The van der Waals surface area contributed by atoms with Crippen molar-refractivity contribution in [1.29, 1.82) is 0 Å². The molecule has 2 fully saturated rings. The second-order valence-corrected chi connectivity index (χ2v) is 18.8. The molecular weight excluding hydrogens is 689 g/mol. The minimum absolute atomic E-state index is 0.0801. The Morgan fingerprint density at radius 2 is 1.39 bits per heavy atom. The van der Waals surface area contributed by atoms with Crippen LogP contribution in [0.1, 0.15) is 99.9 Å². The van der Waals surface area contributed by atoms with Crippen molar-refractivity contribution in [3.63, 3.8) is 0 Å². The van der Waals surface area contributed by atoms with Crippen LogP contribution in [0.2, 0.25) is 0 Å². The summed E-state index contributed by atoms with van der Waals surface area (Å²) in [5.74, 6) is 2.68. The fraction of sp³-hybridized carbons (Fsp3) is 0.345. The average Bonchev–Trinajstić information content (AvgIpc) is 3.66. The van der Waals surface area contributed by atoms with Crippen LogP contribution in [0, 0.1) is 29.1 Å². The van der Waals surface area contributed by atoms with Gasteiger partial charge in [-0.1, -0.05) is 172 Å². The summed E-state index contributed by atoms with van der Waals surface area (Å²) >= 11 is 0. The zero-order chi connectivity index (χ0) is 38.1. The van der Waals surface area contributed by atoms with Crippen molar-refractivity contribution >= 4 is 11.3 Å². The second-order valence-electron chi connectivity index (χ2n) is 18.8. The highest BCUT2D eigenvalue weighted by molar-refractivity contribution is 5.82. The maximum absolute atomic E-state index is 3.97. The van der Waals surface area contributed by atoms with Gasteiger partial charge in [-0.15, -0.1) is 0 Å². The van der Waals surface area contributed by atoms with E-state index in [1.165, 1.54) is 89.6 Å². The molecule has 2 saturated carbocycles. The van der Waals surface area contributed by atoms with Crippen molar-refractivity contribution in [2.45, 2.75) is 89.3 Å². The maximum atomic E-state index is 3.97. The van der Waals surface area contributed by atoms with Gasteiger partial charge in [-0.3, -0.25) is 5.32 Å². The van der Waals surface area contributed by atoms with E-state index in [9.17, 15) is 0 Å². The first-order valence-electron chi connectivity index (χ1n) is 22.1. The average molecular weight is 745 g/mol. The van der Waals surface area contributed by atoms with Gasteiger partial charge in [0.15, 0.2) is 0 Å². The molecular formula is C55H56N2. The lowest BCUT2D eigenvalue weighted by Crippen LogP contribution is -2.47. The van der Waals surface area contributed by atoms with Gasteiger partial charge in [0.05, 0.1) is 6.04 Å². The van der Waals surface area contributed by atoms with E-state index in [1.54, 1.807) is 22.3 Å². The quantitative estimate of drug-likeness (QED) is 0.213. The molecule has 0 aromatic heterocycles. The van der Waals surface area contributed by atoms with E-state index in [0.717, 1.165) is 18.8 Å². The van der Waals surface area contributed by atoms with Crippen molar-refractivity contribution in [2.24, 2.45) is 29.1 Å². The third-order valence-electron chi connectivity index (χ3n) is 15.7. The molecule has 6 atom stereocenters. The molecule has 1 heterocycles. The number of nitrogens with one attached hydrogen (secondary N) is 2. The predicted octanol–water partition coefficient (Wildman–Crippen LogP) is 13.3. The zero-order valence-corrected chi connectivity index (χ0v) is 33.7. The van der Waals surface area contributed by atoms with Crippen LogP contribution in [0.15, 0.2) is 157 Å². The lowest BCUT2D eigenvalue weighted by molar-refractivity contribution is 0.121. The number of fused-ring (bicyclic) bond motifs is 8. The van der Waals surface area contributed by atoms with Crippen LogP contribution in [-0.4, -0.2) is 6.17 Å². The number of benzene rings is 4. The Kier molecular flexibility index (Phi) is 8.58. The molecule has 7 aliphatic rings. The number of allylic oxidation sites excluding steroid dienone is 9. The van der Waals surface area contributed by atoms with E-state index >= 15 is 0 Å². The molecule has 0 radical (unpaired) electrons. The van der Waals surface area contributed by atoms with Crippen LogP contribution in [0.4, 0.5) is 0 Å². The summed E-state index contributed by atoms with van der Waals surface area (Å²) in [4.78, 5) is 0. The van der Waals surface area contributed by atoms with Crippen LogP contribution in [0.3, 0.4) is 0 Å². The summed E-state index contributed by atoms with van der Waals surface area (Å²) in [5.41, 5.74) is 17.6. The summed E-state index contributed by atoms with van der Waals surface area (Å²) in [6, 6.07) is 36.9. The van der Waals surface area contributed by atoms with Gasteiger partial charge in [0, 0.05) is 17.0 Å². The van der Waals surface area contributed by atoms with E-state index in [2.05, 4.69) is 170 Å². The predicted molar refractivity (Wildman–Crippen MR) is 238 cm³/mol. The molecule has 4 aromatic rings. The summed E-state index contributed by atoms with van der Waals surface area (Å²) in [6.07, 6.45) is 30.8. The van der Waals surface area contributed by atoms with Crippen LogP contribution in [0.25, 0.3) is 33.5 Å². The third kappa shape index (κ3) is 5.85. The Hall–Kier alpha value is -4.92. The molecule has 11 rings (SSSR count). The van der Waals surface area contributed by atoms with Gasteiger partial charge in [0.1, 0.15) is 6.17 Å². The fourth-order valence-electron chi connectivity index (χ4n) is 12.6. The highest BCUT2D eigenvalue weighted by atomic mass is 15.2. The summed E-state index contributed by atoms with van der Waals surface area (Å²) in [6.45, 7) is 5.19. The van der Waals surface area contributed by atoms with E-state index in [0.29, 0.717) is 23.2 Å². The number of rotatable bonds is 5. The smallest absolute Gasteiger partial charge is 0.100 e. The highest BCUT2D eigenvalue weighted by Gasteiger charge is 2.58. The molecule has 6 unspecified atom stereocenters. The minimum Gasteiger partial charge on any atom is -0.366 e. The van der Waals surface area contributed by atoms with Gasteiger partial charge in [-0.2, -0.15) is 0 Å². The first-order chi connectivity index (χ1) is 28.0. The second kappa shape index (κ2) is 13.9. The van der Waals surface area contributed by atoms with Crippen LogP contribution in [-0.2, 0) is 5.41 Å². The standard InChI is InChI=1S/C55H56N2/c1-54(2)47-19-11-10-18-43(47)45-33-46-44-29-28-42(32-49(44)55(30-12-5-13-31-55)50(46)34-48(45)54)38-22-26-40(27-23-38)52-35-51(56-53(57-52)41-16-8-4-9-17-41)39-24-20-37(21-25-39)36-14-6-3-7-15-36/h3-4,6-8,10-11,14-16,18,20-29,32-33,35,45,47-48,50,52-53,56-57H,5,9,12-13,17,19,30-31,34H2,1-2H3. The van der Waals surface area contributed by atoms with Crippen molar-refractivity contribution in [3.05, 3.63) is 179 Å². The molecule has 0 amide bonds. The third-order valence-corrected chi connectivity index (χ3v) is 15.7. The maximum Gasteiger partial charge on any atom is 0.100 e. The zero-order valence-electron chi connectivity index (χ0n) is 33.7. The fourth-order valence-corrected chi connectivity index (χ4v) is 12.6. The van der Waals surface area contributed by atoms with Crippen LogP contribution >= 0.6 is 0 Å². The Morgan fingerprint density at radius 1 is 0.667 bits per heavy atom. The molecule has 0 bridgehead atoms. The SMILES string of the molecule is CC1(C)C2CC=CC=C2C2C=C3c4ccc(-c5ccc(C6C=C(c7ccc(-c8ccccc8)cc7)NC(C7=CC=CCC7)N6)cc5)cc4C4(CCCCC4)C3CC21. The van der Waals surface area contributed by atoms with Gasteiger partial charge >= 0.3 is 0 Å². The normalized spacial score (nSPS) is 28.9. The molecule has 2 heteroatoms. The lowest BCUT2D eigenvalue weighted by atomic mass is 9.58. The van der Waals surface area contributed by atoms with Gasteiger partial charge < -0.3 is 5.32 Å². The van der Waals surface area contributed by atoms with Gasteiger partial charge in [-0.25, -0.2) is 0 Å². The largest absolute Gasteiger partial charge is 0.366 e. The van der Waals surface area contributed by atoms with E-state index in [-0.39, 0.29) is 17.6 Å². The first kappa shape index (κ1) is 35.3. The molecule has 286 valence electrons. The Morgan fingerprint density at radius 3 is 2.18 bits per heavy atom. The Bertz CT molecular complexity index is 2370. The molecule has 57 heavy (non-hydrogen) atoms. The molecule has 2 nitrogen and oxygen atoms in total.